The second-order valence-corrected chi connectivity index (χ2v) is 6.39. The summed E-state index contributed by atoms with van der Waals surface area (Å²) in [6, 6.07) is 7.19. The number of methoxy groups -OCH3 is 2. The van der Waals surface area contributed by atoms with Crippen molar-refractivity contribution in [3.63, 3.8) is 0 Å². The van der Waals surface area contributed by atoms with Gasteiger partial charge in [-0.3, -0.25) is 4.79 Å². The van der Waals surface area contributed by atoms with Crippen LogP contribution in [0.25, 0.3) is 0 Å². The quantitative estimate of drug-likeness (QED) is 0.827. The number of nitrogens with one attached hydrogen (secondary N) is 2. The first kappa shape index (κ1) is 17.8. The summed E-state index contributed by atoms with van der Waals surface area (Å²) in [6.45, 7) is 0. The van der Waals surface area contributed by atoms with Crippen LogP contribution in [-0.4, -0.2) is 24.2 Å². The van der Waals surface area contributed by atoms with Gasteiger partial charge < -0.3 is 19.8 Å². The largest absolute Gasteiger partial charge is 0.497 e. The zero-order chi connectivity index (χ0) is 18.5. The number of hydrogen-bond donors (Lipinski definition) is 2. The Hall–Kier alpha value is -3.01. The van der Waals surface area contributed by atoms with Crippen molar-refractivity contribution in [2.24, 2.45) is 5.92 Å². The van der Waals surface area contributed by atoms with E-state index in [-0.39, 0.29) is 11.4 Å². The molecule has 3 rings (SSSR count). The molecule has 0 saturated heterocycles. The van der Waals surface area contributed by atoms with Crippen LogP contribution in [0.4, 0.5) is 11.5 Å². The maximum absolute atomic E-state index is 12.3. The predicted octanol–water partition coefficient (Wildman–Crippen LogP) is 3.14. The molecule has 0 amide bonds. The van der Waals surface area contributed by atoms with Crippen LogP contribution in [0.1, 0.15) is 37.1 Å². The van der Waals surface area contributed by atoms with Gasteiger partial charge in [0, 0.05) is 12.5 Å². The lowest BCUT2D eigenvalue weighted by molar-refractivity contribution is 0.405. The van der Waals surface area contributed by atoms with Crippen molar-refractivity contribution in [1.29, 1.82) is 5.26 Å². The highest BCUT2D eigenvalue weighted by molar-refractivity contribution is 5.69. The van der Waals surface area contributed by atoms with Crippen molar-refractivity contribution < 1.29 is 9.47 Å². The van der Waals surface area contributed by atoms with Gasteiger partial charge in [-0.25, -0.2) is 4.98 Å². The van der Waals surface area contributed by atoms with E-state index in [0.717, 1.165) is 12.8 Å². The van der Waals surface area contributed by atoms with Crippen molar-refractivity contribution in [1.82, 2.24) is 9.97 Å². The minimum absolute atomic E-state index is 0.0509. The minimum Gasteiger partial charge on any atom is -0.497 e. The van der Waals surface area contributed by atoms with Gasteiger partial charge in [-0.2, -0.15) is 5.26 Å². The fourth-order valence-corrected chi connectivity index (χ4v) is 3.34. The predicted molar refractivity (Wildman–Crippen MR) is 98.1 cm³/mol. The Morgan fingerprint density at radius 2 is 2.08 bits per heavy atom. The van der Waals surface area contributed by atoms with Gasteiger partial charge in [-0.15, -0.1) is 0 Å². The van der Waals surface area contributed by atoms with Crippen molar-refractivity contribution in [3.05, 3.63) is 39.9 Å². The Kier molecular flexibility index (Phi) is 5.42. The van der Waals surface area contributed by atoms with E-state index in [1.807, 2.05) is 6.07 Å². The number of nitriles is 1. The van der Waals surface area contributed by atoms with Crippen LogP contribution in [0.3, 0.4) is 0 Å². The average molecular weight is 354 g/mol. The third-order valence-electron chi connectivity index (χ3n) is 4.70. The highest BCUT2D eigenvalue weighted by atomic mass is 16.5. The van der Waals surface area contributed by atoms with Gasteiger partial charge in [0.25, 0.3) is 5.56 Å². The number of benzene rings is 1. The molecule has 7 heteroatoms. The van der Waals surface area contributed by atoms with E-state index < -0.39 is 5.56 Å². The Morgan fingerprint density at radius 3 is 2.73 bits per heavy atom. The Bertz CT molecular complexity index is 879. The molecule has 26 heavy (non-hydrogen) atoms. The molecule has 2 aromatic rings. The van der Waals surface area contributed by atoms with Gasteiger partial charge in [0.1, 0.15) is 23.4 Å². The summed E-state index contributed by atoms with van der Waals surface area (Å²) in [4.78, 5) is 19.6. The molecule has 1 aromatic heterocycles. The lowest BCUT2D eigenvalue weighted by Gasteiger charge is -2.14. The number of hydrogen-bond acceptors (Lipinski definition) is 6. The molecule has 1 aromatic carbocycles. The summed E-state index contributed by atoms with van der Waals surface area (Å²) in [6.07, 6.45) is 5.45. The number of rotatable bonds is 6. The van der Waals surface area contributed by atoms with E-state index in [2.05, 4.69) is 15.3 Å². The topological polar surface area (TPSA) is 100 Å². The fourth-order valence-electron chi connectivity index (χ4n) is 3.34. The van der Waals surface area contributed by atoms with Crippen LogP contribution in [0.15, 0.2) is 23.0 Å². The number of H-pyrrole nitrogens is 1. The van der Waals surface area contributed by atoms with Crippen LogP contribution in [0.5, 0.6) is 11.5 Å². The molecule has 1 aliphatic carbocycles. The fraction of sp³-hybridized carbons (Fsp3) is 0.421. The smallest absolute Gasteiger partial charge is 0.271 e. The third kappa shape index (κ3) is 3.80. The summed E-state index contributed by atoms with van der Waals surface area (Å²) in [5.41, 5.74) is 0.0955. The van der Waals surface area contributed by atoms with Gasteiger partial charge in [0.15, 0.2) is 11.4 Å². The maximum Gasteiger partial charge on any atom is 0.271 e. The summed E-state index contributed by atoms with van der Waals surface area (Å²) >= 11 is 0. The second-order valence-electron chi connectivity index (χ2n) is 6.39. The molecule has 1 saturated carbocycles. The number of nitrogens with zero attached hydrogens (tertiary/aromatic N) is 2. The zero-order valence-electron chi connectivity index (χ0n) is 15.0. The first-order chi connectivity index (χ1) is 12.6. The Morgan fingerprint density at radius 1 is 1.31 bits per heavy atom. The molecular formula is C19H22N4O3. The highest BCUT2D eigenvalue weighted by Crippen LogP contribution is 2.32. The molecule has 2 N–H and O–H groups in total. The second kappa shape index (κ2) is 7.91. The molecule has 1 fully saturated rings. The summed E-state index contributed by atoms with van der Waals surface area (Å²) < 4.78 is 10.6. The number of anilines is 2. The van der Waals surface area contributed by atoms with Crippen molar-refractivity contribution >= 4 is 11.5 Å². The first-order valence-corrected chi connectivity index (χ1v) is 8.67. The first-order valence-electron chi connectivity index (χ1n) is 8.67. The van der Waals surface area contributed by atoms with Crippen LogP contribution >= 0.6 is 0 Å². The van der Waals surface area contributed by atoms with Gasteiger partial charge >= 0.3 is 0 Å². The molecule has 0 spiro atoms. The lowest BCUT2D eigenvalue weighted by atomic mass is 10.0. The molecule has 0 radical (unpaired) electrons. The highest BCUT2D eigenvalue weighted by Gasteiger charge is 2.19. The standard InChI is InChI=1S/C19H22N4O3/c1-25-13-7-8-16(26-2)15(10-13)21-18-14(11-20)19(24)23-17(22-18)9-12-5-3-4-6-12/h7-8,10,12H,3-6,9H2,1-2H3,(H2,21,22,23,24). The molecule has 136 valence electrons. The van der Waals surface area contributed by atoms with Crippen LogP contribution in [-0.2, 0) is 6.42 Å². The van der Waals surface area contributed by atoms with E-state index in [0.29, 0.717) is 35.3 Å². The van der Waals surface area contributed by atoms with E-state index in [9.17, 15) is 10.1 Å². The maximum atomic E-state index is 12.3. The molecule has 0 bridgehead atoms. The molecule has 0 aliphatic heterocycles. The van der Waals surface area contributed by atoms with E-state index in [1.165, 1.54) is 12.8 Å². The lowest BCUT2D eigenvalue weighted by Crippen LogP contribution is -2.19. The van der Waals surface area contributed by atoms with Gasteiger partial charge in [0.05, 0.1) is 19.9 Å². The monoisotopic (exact) mass is 354 g/mol. The Labute approximate surface area is 152 Å². The number of aromatic nitrogens is 2. The number of aromatic amines is 1. The summed E-state index contributed by atoms with van der Waals surface area (Å²) in [7, 11) is 3.12. The molecule has 0 unspecified atom stereocenters. The Balaban J connectivity index is 1.96. The van der Waals surface area contributed by atoms with Crippen LogP contribution in [0.2, 0.25) is 0 Å². The third-order valence-corrected chi connectivity index (χ3v) is 4.70. The molecule has 1 aliphatic rings. The summed E-state index contributed by atoms with van der Waals surface area (Å²) in [5.74, 6) is 2.56. The number of ether oxygens (including phenoxy) is 2. The van der Waals surface area contributed by atoms with Gasteiger partial charge in [0.2, 0.25) is 0 Å². The molecule has 1 heterocycles. The average Bonchev–Trinajstić information content (AvgIpc) is 3.14. The zero-order valence-corrected chi connectivity index (χ0v) is 15.0. The minimum atomic E-state index is -0.431. The van der Waals surface area contributed by atoms with Crippen LogP contribution < -0.4 is 20.3 Å². The summed E-state index contributed by atoms with van der Waals surface area (Å²) in [5, 5.41) is 12.4. The van der Waals surface area contributed by atoms with Gasteiger partial charge in [-0.1, -0.05) is 25.7 Å². The van der Waals surface area contributed by atoms with Gasteiger partial charge in [-0.05, 0) is 18.1 Å². The van der Waals surface area contributed by atoms with Crippen LogP contribution in [0, 0.1) is 17.2 Å². The molecular weight excluding hydrogens is 332 g/mol. The van der Waals surface area contributed by atoms with Crippen molar-refractivity contribution in [2.45, 2.75) is 32.1 Å². The SMILES string of the molecule is COc1ccc(OC)c(Nc2nc(CC3CCCC3)[nH]c(=O)c2C#N)c1. The van der Waals surface area contributed by atoms with Crippen molar-refractivity contribution in [3.8, 4) is 17.6 Å². The van der Waals surface area contributed by atoms with Crippen molar-refractivity contribution in [2.75, 3.05) is 19.5 Å². The normalized spacial score (nSPS) is 14.0. The molecule has 7 nitrogen and oxygen atoms in total. The van der Waals surface area contributed by atoms with E-state index in [4.69, 9.17) is 9.47 Å². The molecule has 0 atom stereocenters. The van der Waals surface area contributed by atoms with E-state index >= 15 is 0 Å². The van der Waals surface area contributed by atoms with E-state index in [1.54, 1.807) is 32.4 Å².